The van der Waals surface area contributed by atoms with Gasteiger partial charge in [-0.25, -0.2) is 0 Å². The van der Waals surface area contributed by atoms with Crippen LogP contribution >= 0.6 is 0 Å². The van der Waals surface area contributed by atoms with Gasteiger partial charge in [-0.05, 0) is 21.7 Å². The van der Waals surface area contributed by atoms with Gasteiger partial charge in [-0.1, -0.05) is 45.9 Å². The van der Waals surface area contributed by atoms with Gasteiger partial charge < -0.3 is 5.11 Å². The van der Waals surface area contributed by atoms with Gasteiger partial charge in [-0.2, -0.15) is 13.2 Å². The third kappa shape index (κ3) is 3.83. The van der Waals surface area contributed by atoms with Crippen molar-refractivity contribution in [3.8, 4) is 0 Å². The van der Waals surface area contributed by atoms with E-state index < -0.39 is 21.3 Å². The van der Waals surface area contributed by atoms with E-state index in [-0.39, 0.29) is 11.6 Å². The molecule has 108 valence electrons. The molecule has 0 aliphatic carbocycles. The van der Waals surface area contributed by atoms with E-state index in [0.717, 1.165) is 6.07 Å². The first-order chi connectivity index (χ1) is 8.59. The molecule has 0 atom stereocenters. The van der Waals surface area contributed by atoms with Crippen LogP contribution in [0.2, 0.25) is 5.04 Å². The Balaban J connectivity index is 3.31. The van der Waals surface area contributed by atoms with E-state index in [0.29, 0.717) is 16.7 Å². The molecule has 0 aliphatic heterocycles. The molecule has 0 heterocycles. The van der Waals surface area contributed by atoms with Gasteiger partial charge >= 0.3 is 6.18 Å². The van der Waals surface area contributed by atoms with Crippen LogP contribution in [-0.2, 0) is 12.8 Å². The fraction of sp³-hybridized carbons (Fsp3) is 0.571. The van der Waals surface area contributed by atoms with Crippen molar-refractivity contribution in [2.75, 3.05) is 0 Å². The summed E-state index contributed by atoms with van der Waals surface area (Å²) < 4.78 is 39.2. The molecule has 0 aliphatic rings. The van der Waals surface area contributed by atoms with Crippen LogP contribution in [-0.4, -0.2) is 14.6 Å². The van der Waals surface area contributed by atoms with Gasteiger partial charge in [0, 0.05) is 0 Å². The molecule has 1 N–H and O–H groups in total. The minimum absolute atomic E-state index is 0.120. The third-order valence-electron chi connectivity index (χ3n) is 3.94. The van der Waals surface area contributed by atoms with Crippen LogP contribution in [0.5, 0.6) is 0 Å². The summed E-state index contributed by atoms with van der Waals surface area (Å²) in [6, 6.07) is 4.08. The van der Waals surface area contributed by atoms with E-state index in [4.69, 9.17) is 0 Å². The van der Waals surface area contributed by atoms with Crippen LogP contribution in [0, 0.1) is 5.92 Å². The molecule has 1 aromatic rings. The molecular weight excluding hydrogens is 269 g/mol. The normalized spacial score (nSPS) is 13.7. The Morgan fingerprint density at radius 3 is 2.21 bits per heavy atom. The molecule has 5 heteroatoms. The summed E-state index contributed by atoms with van der Waals surface area (Å²) in [5.41, 5.74) is -0.144. The highest BCUT2D eigenvalue weighted by atomic mass is 28.2. The Bertz CT molecular complexity index is 439. The second-order valence-electron chi connectivity index (χ2n) is 5.92. The van der Waals surface area contributed by atoms with Gasteiger partial charge in [0.25, 0.3) is 0 Å². The lowest BCUT2D eigenvalue weighted by Gasteiger charge is -2.31. The van der Waals surface area contributed by atoms with Gasteiger partial charge in [0.05, 0.1) is 21.7 Å². The zero-order valence-corrected chi connectivity index (χ0v) is 13.2. The fourth-order valence-electron chi connectivity index (χ4n) is 1.92. The Kier molecular flexibility index (Phi) is 4.85. The van der Waals surface area contributed by atoms with Crippen molar-refractivity contribution in [2.24, 2.45) is 5.92 Å². The summed E-state index contributed by atoms with van der Waals surface area (Å²) in [6.07, 6.45) is -4.35. The molecule has 0 amide bonds. The van der Waals surface area contributed by atoms with Gasteiger partial charge in [0.2, 0.25) is 0 Å². The standard InChI is InChI=1S/C14H21F3OSi/c1-9(2)13(3,4)19-12-10(8-18)6-5-7-11(12)14(15,16)17/h5-7,9,18H,8,19H2,1-4H3. The highest BCUT2D eigenvalue weighted by molar-refractivity contribution is 6.58. The van der Waals surface area contributed by atoms with Crippen molar-refractivity contribution >= 4 is 14.7 Å². The molecule has 0 fully saturated rings. The average Bonchev–Trinajstić information content (AvgIpc) is 2.27. The minimum atomic E-state index is -4.35. The molecule has 1 rings (SSSR count). The SMILES string of the molecule is CC(C)C(C)(C)[SiH2]c1c(CO)cccc1C(F)(F)F. The summed E-state index contributed by atoms with van der Waals surface area (Å²) in [4.78, 5) is 0. The topological polar surface area (TPSA) is 20.2 Å². The van der Waals surface area contributed by atoms with E-state index in [2.05, 4.69) is 0 Å². The van der Waals surface area contributed by atoms with E-state index >= 15 is 0 Å². The highest BCUT2D eigenvalue weighted by Gasteiger charge is 2.36. The fourth-order valence-corrected chi connectivity index (χ4v) is 4.20. The molecule has 1 aromatic carbocycles. The number of benzene rings is 1. The van der Waals surface area contributed by atoms with Gasteiger partial charge in [0.1, 0.15) is 0 Å². The molecule has 0 saturated heterocycles. The maximum Gasteiger partial charge on any atom is 0.416 e. The van der Waals surface area contributed by atoms with Crippen LogP contribution in [0.1, 0.15) is 38.8 Å². The number of alkyl halides is 3. The van der Waals surface area contributed by atoms with E-state index in [1.807, 2.05) is 27.7 Å². The van der Waals surface area contributed by atoms with Crippen molar-refractivity contribution < 1.29 is 18.3 Å². The van der Waals surface area contributed by atoms with Crippen LogP contribution in [0.3, 0.4) is 0 Å². The molecular formula is C14H21F3OSi. The predicted molar refractivity (Wildman–Crippen MR) is 74.4 cm³/mol. The molecule has 0 saturated carbocycles. The summed E-state index contributed by atoms with van der Waals surface area (Å²) in [5, 5.41) is 9.54. The first-order valence-corrected chi connectivity index (χ1v) is 7.80. The summed E-state index contributed by atoms with van der Waals surface area (Å²) in [5.74, 6) is 0.312. The van der Waals surface area contributed by atoms with Gasteiger partial charge in [-0.15, -0.1) is 0 Å². The summed E-state index contributed by atoms with van der Waals surface area (Å²) in [6.45, 7) is 7.75. The van der Waals surface area contributed by atoms with Gasteiger partial charge in [-0.3, -0.25) is 0 Å². The second kappa shape index (κ2) is 5.67. The average molecular weight is 290 g/mol. The lowest BCUT2D eigenvalue weighted by Crippen LogP contribution is -2.36. The van der Waals surface area contributed by atoms with E-state index in [1.54, 1.807) is 6.07 Å². The lowest BCUT2D eigenvalue weighted by molar-refractivity contribution is -0.136. The molecule has 0 unspecified atom stereocenters. The van der Waals surface area contributed by atoms with Crippen molar-refractivity contribution in [3.05, 3.63) is 29.3 Å². The predicted octanol–water partition coefficient (Wildman–Crippen LogP) is 2.85. The van der Waals surface area contributed by atoms with Crippen LogP contribution in [0.15, 0.2) is 18.2 Å². The van der Waals surface area contributed by atoms with Crippen LogP contribution in [0.25, 0.3) is 0 Å². The van der Waals surface area contributed by atoms with Crippen molar-refractivity contribution in [1.29, 1.82) is 0 Å². The molecule has 0 aromatic heterocycles. The number of hydrogen-bond donors (Lipinski definition) is 1. The van der Waals surface area contributed by atoms with Crippen LogP contribution in [0.4, 0.5) is 13.2 Å². The Hall–Kier alpha value is -0.813. The molecule has 0 radical (unpaired) electrons. The first kappa shape index (κ1) is 16.2. The second-order valence-corrected chi connectivity index (χ2v) is 8.80. The lowest BCUT2D eigenvalue weighted by atomic mass is 9.99. The molecule has 0 spiro atoms. The van der Waals surface area contributed by atoms with Crippen molar-refractivity contribution in [3.63, 3.8) is 0 Å². The Morgan fingerprint density at radius 2 is 1.79 bits per heavy atom. The minimum Gasteiger partial charge on any atom is -0.392 e. The number of hydrogen-bond acceptors (Lipinski definition) is 1. The third-order valence-corrected chi connectivity index (χ3v) is 6.86. The van der Waals surface area contributed by atoms with Crippen molar-refractivity contribution in [2.45, 2.75) is 45.5 Å². The van der Waals surface area contributed by atoms with E-state index in [9.17, 15) is 18.3 Å². The largest absolute Gasteiger partial charge is 0.416 e. The molecule has 1 nitrogen and oxygen atoms in total. The number of rotatable bonds is 4. The maximum absolute atomic E-state index is 13.1. The van der Waals surface area contributed by atoms with Crippen LogP contribution < -0.4 is 5.19 Å². The maximum atomic E-state index is 13.1. The van der Waals surface area contributed by atoms with Gasteiger partial charge in [0.15, 0.2) is 0 Å². The number of halogens is 3. The summed E-state index contributed by atoms with van der Waals surface area (Å²) in [7, 11) is -1.16. The molecule has 0 bridgehead atoms. The quantitative estimate of drug-likeness (QED) is 0.846. The van der Waals surface area contributed by atoms with E-state index in [1.165, 1.54) is 6.07 Å². The number of aliphatic hydroxyl groups excluding tert-OH is 1. The highest BCUT2D eigenvalue weighted by Crippen LogP contribution is 2.35. The monoisotopic (exact) mass is 290 g/mol. The van der Waals surface area contributed by atoms with Crippen molar-refractivity contribution in [1.82, 2.24) is 0 Å². The smallest absolute Gasteiger partial charge is 0.392 e. The summed E-state index contributed by atoms with van der Waals surface area (Å²) >= 11 is 0. The first-order valence-electron chi connectivity index (χ1n) is 6.38. The number of aliphatic hydroxyl groups is 1. The zero-order valence-electron chi connectivity index (χ0n) is 11.8. The molecule has 19 heavy (non-hydrogen) atoms. The Labute approximate surface area is 114 Å². The Morgan fingerprint density at radius 1 is 1.21 bits per heavy atom. The zero-order chi connectivity index (χ0) is 14.8.